The molecule has 3 N–H and O–H groups in total. The molecule has 0 aromatic heterocycles. The van der Waals surface area contributed by atoms with Crippen LogP contribution < -0.4 is 11.1 Å². The minimum Gasteiger partial charge on any atom is -0.381 e. The van der Waals surface area contributed by atoms with Crippen molar-refractivity contribution in [2.24, 2.45) is 17.6 Å². The number of carbonyl (C=O) groups excluding carboxylic acids is 1. The quantitative estimate of drug-likeness (QED) is 0.788. The number of nitrogens with two attached hydrogens (primary N) is 1. The summed E-state index contributed by atoms with van der Waals surface area (Å²) in [6.07, 6.45) is 3.95. The first kappa shape index (κ1) is 18.7. The molecule has 2 atom stereocenters. The minimum atomic E-state index is -0.379. The van der Waals surface area contributed by atoms with Crippen LogP contribution in [0.3, 0.4) is 0 Å². The van der Waals surface area contributed by atoms with Crippen LogP contribution in [-0.4, -0.2) is 31.2 Å². The van der Waals surface area contributed by atoms with E-state index in [9.17, 15) is 4.79 Å². The zero-order chi connectivity index (χ0) is 13.5. The van der Waals surface area contributed by atoms with Gasteiger partial charge in [0.25, 0.3) is 0 Å². The fourth-order valence-corrected chi connectivity index (χ4v) is 2.28. The van der Waals surface area contributed by atoms with Gasteiger partial charge in [0, 0.05) is 19.3 Å². The van der Waals surface area contributed by atoms with Crippen LogP contribution in [0.15, 0.2) is 0 Å². The monoisotopic (exact) mass is 292 g/mol. The standard InChI is InChI=1S/C14H28N2O2.ClH/c1-10(2)4-5-11(3)16-14(17)13(15)12-6-8-18-9-7-12;/h10-13H,4-9,15H2,1-3H3,(H,16,17);1H. The number of amides is 1. The molecule has 0 saturated carbocycles. The molecular formula is C14H29ClN2O2. The van der Waals surface area contributed by atoms with E-state index in [2.05, 4.69) is 26.1 Å². The van der Waals surface area contributed by atoms with Crippen LogP contribution >= 0.6 is 12.4 Å². The summed E-state index contributed by atoms with van der Waals surface area (Å²) in [5.41, 5.74) is 6.03. The van der Waals surface area contributed by atoms with Gasteiger partial charge >= 0.3 is 0 Å². The lowest BCUT2D eigenvalue weighted by atomic mass is 9.91. The maximum Gasteiger partial charge on any atom is 0.237 e. The first-order valence-electron chi connectivity index (χ1n) is 7.14. The average Bonchev–Trinajstić information content (AvgIpc) is 2.36. The molecule has 0 aromatic carbocycles. The molecular weight excluding hydrogens is 264 g/mol. The summed E-state index contributed by atoms with van der Waals surface area (Å²) in [4.78, 5) is 12.0. The molecule has 1 aliphatic heterocycles. The lowest BCUT2D eigenvalue weighted by Crippen LogP contribution is -2.49. The summed E-state index contributed by atoms with van der Waals surface area (Å²) in [5.74, 6) is 0.947. The third-order valence-electron chi connectivity index (χ3n) is 3.64. The van der Waals surface area contributed by atoms with Crippen molar-refractivity contribution >= 4 is 18.3 Å². The van der Waals surface area contributed by atoms with Gasteiger partial charge in [-0.25, -0.2) is 0 Å². The fraction of sp³-hybridized carbons (Fsp3) is 0.929. The van der Waals surface area contributed by atoms with Gasteiger partial charge in [-0.1, -0.05) is 13.8 Å². The third-order valence-corrected chi connectivity index (χ3v) is 3.64. The van der Waals surface area contributed by atoms with Crippen molar-refractivity contribution in [3.8, 4) is 0 Å². The third kappa shape index (κ3) is 7.14. The summed E-state index contributed by atoms with van der Waals surface area (Å²) in [6.45, 7) is 7.91. The van der Waals surface area contributed by atoms with Gasteiger partial charge < -0.3 is 15.8 Å². The summed E-state index contributed by atoms with van der Waals surface area (Å²) in [7, 11) is 0. The van der Waals surface area contributed by atoms with Crippen LogP contribution in [0.1, 0.15) is 46.5 Å². The maximum atomic E-state index is 12.0. The summed E-state index contributed by atoms with van der Waals surface area (Å²) in [5, 5.41) is 3.03. The predicted molar refractivity (Wildman–Crippen MR) is 80.4 cm³/mol. The minimum absolute atomic E-state index is 0. The van der Waals surface area contributed by atoms with Gasteiger partial charge in [-0.15, -0.1) is 12.4 Å². The number of rotatable bonds is 6. The van der Waals surface area contributed by atoms with Crippen molar-refractivity contribution in [2.75, 3.05) is 13.2 Å². The maximum absolute atomic E-state index is 12.0. The smallest absolute Gasteiger partial charge is 0.237 e. The number of hydrogen-bond donors (Lipinski definition) is 2. The number of hydrogen-bond acceptors (Lipinski definition) is 3. The number of halogens is 1. The highest BCUT2D eigenvalue weighted by Gasteiger charge is 2.27. The Morgan fingerprint density at radius 3 is 2.37 bits per heavy atom. The largest absolute Gasteiger partial charge is 0.381 e. The van der Waals surface area contributed by atoms with E-state index >= 15 is 0 Å². The molecule has 1 aliphatic rings. The van der Waals surface area contributed by atoms with E-state index in [4.69, 9.17) is 10.5 Å². The van der Waals surface area contributed by atoms with Crippen molar-refractivity contribution < 1.29 is 9.53 Å². The summed E-state index contributed by atoms with van der Waals surface area (Å²) in [6, 6.07) is -0.166. The molecule has 1 rings (SSSR count). The highest BCUT2D eigenvalue weighted by molar-refractivity contribution is 5.85. The van der Waals surface area contributed by atoms with Crippen molar-refractivity contribution in [3.63, 3.8) is 0 Å². The predicted octanol–water partition coefficient (Wildman–Crippen LogP) is 2.10. The number of carbonyl (C=O) groups is 1. The van der Waals surface area contributed by atoms with Gasteiger partial charge in [0.2, 0.25) is 5.91 Å². The molecule has 2 unspecified atom stereocenters. The molecule has 0 aromatic rings. The van der Waals surface area contributed by atoms with E-state index in [1.165, 1.54) is 0 Å². The molecule has 0 radical (unpaired) electrons. The highest BCUT2D eigenvalue weighted by atomic mass is 35.5. The first-order chi connectivity index (χ1) is 8.50. The van der Waals surface area contributed by atoms with E-state index in [1.807, 2.05) is 0 Å². The second-order valence-electron chi connectivity index (χ2n) is 5.86. The zero-order valence-corrected chi connectivity index (χ0v) is 13.2. The Morgan fingerprint density at radius 1 is 1.26 bits per heavy atom. The van der Waals surface area contributed by atoms with E-state index in [1.54, 1.807) is 0 Å². The number of nitrogens with one attached hydrogen (secondary N) is 1. The van der Waals surface area contributed by atoms with Gasteiger partial charge in [-0.2, -0.15) is 0 Å². The molecule has 1 heterocycles. The molecule has 1 fully saturated rings. The Balaban J connectivity index is 0.00000324. The van der Waals surface area contributed by atoms with Gasteiger partial charge in [-0.05, 0) is 44.4 Å². The van der Waals surface area contributed by atoms with E-state index in [0.717, 1.165) is 38.9 Å². The second-order valence-corrected chi connectivity index (χ2v) is 5.86. The van der Waals surface area contributed by atoms with Gasteiger partial charge in [0.15, 0.2) is 0 Å². The van der Waals surface area contributed by atoms with Crippen molar-refractivity contribution in [3.05, 3.63) is 0 Å². The molecule has 5 heteroatoms. The first-order valence-corrected chi connectivity index (χ1v) is 7.14. The molecule has 1 amide bonds. The van der Waals surface area contributed by atoms with Crippen LogP contribution in [0, 0.1) is 11.8 Å². The fourth-order valence-electron chi connectivity index (χ4n) is 2.28. The Morgan fingerprint density at radius 2 is 1.84 bits per heavy atom. The molecule has 4 nitrogen and oxygen atoms in total. The normalized spacial score (nSPS) is 19.6. The van der Waals surface area contributed by atoms with E-state index in [-0.39, 0.29) is 36.3 Å². The molecule has 0 spiro atoms. The van der Waals surface area contributed by atoms with Crippen LogP contribution in [0.4, 0.5) is 0 Å². The lowest BCUT2D eigenvalue weighted by molar-refractivity contribution is -0.125. The Labute approximate surface area is 123 Å². The van der Waals surface area contributed by atoms with Crippen LogP contribution in [0.2, 0.25) is 0 Å². The van der Waals surface area contributed by atoms with Crippen LogP contribution in [0.5, 0.6) is 0 Å². The van der Waals surface area contributed by atoms with E-state index in [0.29, 0.717) is 5.92 Å². The highest BCUT2D eigenvalue weighted by Crippen LogP contribution is 2.18. The SMILES string of the molecule is CC(C)CCC(C)NC(=O)C(N)C1CCOCC1.Cl. The molecule has 0 aliphatic carbocycles. The van der Waals surface area contributed by atoms with Gasteiger partial charge in [-0.3, -0.25) is 4.79 Å². The van der Waals surface area contributed by atoms with Crippen LogP contribution in [0.25, 0.3) is 0 Å². The molecule has 114 valence electrons. The van der Waals surface area contributed by atoms with Gasteiger partial charge in [0.05, 0.1) is 6.04 Å². The van der Waals surface area contributed by atoms with Crippen molar-refractivity contribution in [1.82, 2.24) is 5.32 Å². The Hall–Kier alpha value is -0.320. The Kier molecular flexibility index (Phi) is 9.40. The van der Waals surface area contributed by atoms with Crippen LogP contribution in [-0.2, 0) is 9.53 Å². The van der Waals surface area contributed by atoms with Crippen molar-refractivity contribution in [1.29, 1.82) is 0 Å². The lowest BCUT2D eigenvalue weighted by Gasteiger charge is -2.28. The van der Waals surface area contributed by atoms with E-state index < -0.39 is 0 Å². The second kappa shape index (κ2) is 9.56. The molecule has 1 saturated heterocycles. The summed E-state index contributed by atoms with van der Waals surface area (Å²) >= 11 is 0. The zero-order valence-electron chi connectivity index (χ0n) is 12.4. The topological polar surface area (TPSA) is 64.4 Å². The van der Waals surface area contributed by atoms with Crippen molar-refractivity contribution in [2.45, 2.75) is 58.5 Å². The number of ether oxygens (including phenoxy) is 1. The van der Waals surface area contributed by atoms with Gasteiger partial charge in [0.1, 0.15) is 0 Å². The summed E-state index contributed by atoms with van der Waals surface area (Å²) < 4.78 is 5.29. The Bertz CT molecular complexity index is 256. The molecule has 19 heavy (non-hydrogen) atoms. The average molecular weight is 293 g/mol. The molecule has 0 bridgehead atoms.